The number of hydrogen-bond acceptors (Lipinski definition) is 4. The molecule has 0 aromatic heterocycles. The number of aliphatic hydroxyl groups excluding tert-OH is 1. The molecule has 1 saturated heterocycles. The van der Waals surface area contributed by atoms with E-state index in [0.717, 1.165) is 5.56 Å². The van der Waals surface area contributed by atoms with Crippen LogP contribution in [-0.4, -0.2) is 31.2 Å². The lowest BCUT2D eigenvalue weighted by atomic mass is 9.76. The summed E-state index contributed by atoms with van der Waals surface area (Å²) in [7, 11) is 0. The van der Waals surface area contributed by atoms with Crippen molar-refractivity contribution in [2.45, 2.75) is 10.9 Å². The molecule has 0 radical (unpaired) electrons. The Bertz CT molecular complexity index is 343. The van der Waals surface area contributed by atoms with E-state index < -0.39 is 0 Å². The Morgan fingerprint density at radius 2 is 2.06 bits per heavy atom. The van der Waals surface area contributed by atoms with Crippen molar-refractivity contribution in [2.75, 3.05) is 26.1 Å². The first kappa shape index (κ1) is 11.9. The Morgan fingerprint density at radius 3 is 2.44 bits per heavy atom. The van der Waals surface area contributed by atoms with Crippen molar-refractivity contribution in [3.05, 3.63) is 29.8 Å². The largest absolute Gasteiger partial charge is 0.396 e. The Labute approximate surface area is 100.0 Å². The minimum atomic E-state index is -0.277. The number of hydrogen-bond donors (Lipinski definition) is 2. The van der Waals surface area contributed by atoms with Gasteiger partial charge in [-0.25, -0.2) is 0 Å². The fraction of sp³-hybridized carbons (Fsp3) is 0.500. The molecule has 16 heavy (non-hydrogen) atoms. The van der Waals surface area contributed by atoms with E-state index in [4.69, 9.17) is 10.5 Å². The molecule has 1 aliphatic heterocycles. The van der Waals surface area contributed by atoms with Gasteiger partial charge in [0.25, 0.3) is 0 Å². The summed E-state index contributed by atoms with van der Waals surface area (Å²) < 4.78 is 5.17. The molecule has 0 bridgehead atoms. The van der Waals surface area contributed by atoms with Gasteiger partial charge in [-0.3, -0.25) is 0 Å². The summed E-state index contributed by atoms with van der Waals surface area (Å²) in [6.07, 6.45) is 2.05. The minimum absolute atomic E-state index is 0.0818. The molecule has 4 heteroatoms. The molecule has 1 aromatic rings. The van der Waals surface area contributed by atoms with Crippen molar-refractivity contribution < 1.29 is 9.84 Å². The highest BCUT2D eigenvalue weighted by Crippen LogP contribution is 2.38. The van der Waals surface area contributed by atoms with Crippen LogP contribution in [0.15, 0.2) is 29.2 Å². The molecule has 1 aliphatic rings. The van der Waals surface area contributed by atoms with Gasteiger partial charge < -0.3 is 15.6 Å². The van der Waals surface area contributed by atoms with Crippen LogP contribution in [0, 0.1) is 5.41 Å². The molecular formula is C12H17NO2S. The summed E-state index contributed by atoms with van der Waals surface area (Å²) in [6.45, 7) is 1.18. The zero-order valence-electron chi connectivity index (χ0n) is 9.35. The van der Waals surface area contributed by atoms with Gasteiger partial charge in [-0.15, -0.1) is 11.8 Å². The lowest BCUT2D eigenvalue weighted by Crippen LogP contribution is -2.52. The smallest absolute Gasteiger partial charge is 0.0594 e. The summed E-state index contributed by atoms with van der Waals surface area (Å²) in [5.74, 6) is 0. The highest BCUT2D eigenvalue weighted by molar-refractivity contribution is 7.98. The van der Waals surface area contributed by atoms with Gasteiger partial charge >= 0.3 is 0 Å². The molecule has 1 fully saturated rings. The number of aliphatic hydroxyl groups is 1. The monoisotopic (exact) mass is 239 g/mol. The summed E-state index contributed by atoms with van der Waals surface area (Å²) >= 11 is 1.71. The van der Waals surface area contributed by atoms with Gasteiger partial charge in [0, 0.05) is 10.9 Å². The van der Waals surface area contributed by atoms with Gasteiger partial charge in [0.2, 0.25) is 0 Å². The maximum Gasteiger partial charge on any atom is 0.0594 e. The van der Waals surface area contributed by atoms with Gasteiger partial charge in [-0.2, -0.15) is 0 Å². The van der Waals surface area contributed by atoms with Crippen LogP contribution in [0.5, 0.6) is 0 Å². The molecule has 2 rings (SSSR count). The molecule has 0 aliphatic carbocycles. The second-order valence-electron chi connectivity index (χ2n) is 4.26. The van der Waals surface area contributed by atoms with E-state index in [9.17, 15) is 5.11 Å². The molecule has 0 amide bonds. The molecule has 1 unspecified atom stereocenters. The average molecular weight is 239 g/mol. The first-order valence-corrected chi connectivity index (χ1v) is 6.52. The highest BCUT2D eigenvalue weighted by atomic mass is 32.2. The number of nitrogens with two attached hydrogens (primary N) is 1. The number of ether oxygens (including phenoxy) is 1. The Morgan fingerprint density at radius 1 is 1.44 bits per heavy atom. The second-order valence-corrected chi connectivity index (χ2v) is 5.14. The highest BCUT2D eigenvalue weighted by Gasteiger charge is 2.44. The molecule has 3 nitrogen and oxygen atoms in total. The van der Waals surface area contributed by atoms with Gasteiger partial charge in [-0.05, 0) is 24.0 Å². The third-order valence-electron chi connectivity index (χ3n) is 3.23. The van der Waals surface area contributed by atoms with E-state index in [1.807, 2.05) is 18.4 Å². The molecule has 0 spiro atoms. The fourth-order valence-corrected chi connectivity index (χ4v) is 2.31. The van der Waals surface area contributed by atoms with Crippen LogP contribution >= 0.6 is 11.8 Å². The molecule has 3 N–H and O–H groups in total. The summed E-state index contributed by atoms with van der Waals surface area (Å²) in [5.41, 5.74) is 6.98. The van der Waals surface area contributed by atoms with Gasteiger partial charge in [0.05, 0.1) is 25.2 Å². The maximum absolute atomic E-state index is 9.40. The van der Waals surface area contributed by atoms with E-state index in [1.165, 1.54) is 4.90 Å². The average Bonchev–Trinajstić information content (AvgIpc) is 2.28. The van der Waals surface area contributed by atoms with Crippen LogP contribution < -0.4 is 5.73 Å². The van der Waals surface area contributed by atoms with Gasteiger partial charge in [0.15, 0.2) is 0 Å². The van der Waals surface area contributed by atoms with E-state index in [-0.39, 0.29) is 18.1 Å². The van der Waals surface area contributed by atoms with Crippen molar-refractivity contribution in [3.8, 4) is 0 Å². The molecule has 1 heterocycles. The van der Waals surface area contributed by atoms with Gasteiger partial charge in [-0.1, -0.05) is 12.1 Å². The molecule has 1 atom stereocenters. The third kappa shape index (κ3) is 1.98. The normalized spacial score (nSPS) is 20.2. The molecule has 88 valence electrons. The van der Waals surface area contributed by atoms with Crippen molar-refractivity contribution in [2.24, 2.45) is 11.1 Å². The quantitative estimate of drug-likeness (QED) is 0.780. The first-order valence-electron chi connectivity index (χ1n) is 5.30. The third-order valence-corrected chi connectivity index (χ3v) is 3.97. The Kier molecular flexibility index (Phi) is 3.54. The van der Waals surface area contributed by atoms with Crippen LogP contribution in [0.2, 0.25) is 0 Å². The minimum Gasteiger partial charge on any atom is -0.396 e. The number of rotatable bonds is 4. The predicted octanol–water partition coefficient (Wildman–Crippen LogP) is 1.42. The summed E-state index contributed by atoms with van der Waals surface area (Å²) in [4.78, 5) is 1.22. The first-order chi connectivity index (χ1) is 7.72. The van der Waals surface area contributed by atoms with Crippen LogP contribution in [0.1, 0.15) is 11.6 Å². The summed E-state index contributed by atoms with van der Waals surface area (Å²) in [5, 5.41) is 9.40. The zero-order valence-corrected chi connectivity index (χ0v) is 10.2. The van der Waals surface area contributed by atoms with Crippen molar-refractivity contribution in [1.29, 1.82) is 0 Å². The number of benzene rings is 1. The second kappa shape index (κ2) is 4.75. The standard InChI is InChI=1S/C12H17NO2S/c1-16-10-4-2-9(3-5-10)11(13)12(6-14)7-15-8-12/h2-5,11,14H,6-8,13H2,1H3. The van der Waals surface area contributed by atoms with E-state index >= 15 is 0 Å². The lowest BCUT2D eigenvalue weighted by molar-refractivity contribution is -0.150. The van der Waals surface area contributed by atoms with Crippen LogP contribution in [0.3, 0.4) is 0 Å². The topological polar surface area (TPSA) is 55.5 Å². The maximum atomic E-state index is 9.40. The van der Waals surface area contributed by atoms with E-state index in [1.54, 1.807) is 11.8 Å². The Hall–Kier alpha value is -0.550. The molecular weight excluding hydrogens is 222 g/mol. The van der Waals surface area contributed by atoms with Gasteiger partial charge in [0.1, 0.15) is 0 Å². The zero-order chi connectivity index (χ0) is 11.6. The van der Waals surface area contributed by atoms with Crippen LogP contribution in [0.4, 0.5) is 0 Å². The lowest BCUT2D eigenvalue weighted by Gasteiger charge is -2.44. The Balaban J connectivity index is 2.16. The molecule has 0 saturated carbocycles. The van der Waals surface area contributed by atoms with Crippen molar-refractivity contribution in [1.82, 2.24) is 0 Å². The van der Waals surface area contributed by atoms with E-state index in [2.05, 4.69) is 12.1 Å². The SMILES string of the molecule is CSc1ccc(C(N)C2(CO)COC2)cc1. The van der Waals surface area contributed by atoms with Crippen molar-refractivity contribution >= 4 is 11.8 Å². The molecule has 1 aromatic carbocycles. The fourth-order valence-electron chi connectivity index (χ4n) is 1.90. The van der Waals surface area contributed by atoms with E-state index in [0.29, 0.717) is 13.2 Å². The van der Waals surface area contributed by atoms with Crippen molar-refractivity contribution in [3.63, 3.8) is 0 Å². The number of thioether (sulfide) groups is 1. The van der Waals surface area contributed by atoms with Crippen LogP contribution in [-0.2, 0) is 4.74 Å². The predicted molar refractivity (Wildman–Crippen MR) is 65.5 cm³/mol. The summed E-state index contributed by atoms with van der Waals surface area (Å²) in [6, 6.07) is 8.04. The van der Waals surface area contributed by atoms with Crippen LogP contribution in [0.25, 0.3) is 0 Å².